The molecule has 0 unspecified atom stereocenters. The summed E-state index contributed by atoms with van der Waals surface area (Å²) in [4.78, 5) is 8.17. The van der Waals surface area contributed by atoms with Crippen LogP contribution < -0.4 is 0 Å². The van der Waals surface area contributed by atoms with Crippen LogP contribution in [0.4, 0.5) is 8.78 Å². The molecule has 0 aromatic carbocycles. The van der Waals surface area contributed by atoms with Crippen LogP contribution in [-0.4, -0.2) is 26.0 Å². The van der Waals surface area contributed by atoms with Crippen molar-refractivity contribution in [2.24, 2.45) is 0 Å². The maximum absolute atomic E-state index is 13.0. The van der Waals surface area contributed by atoms with Gasteiger partial charge < -0.3 is 4.52 Å². The Kier molecular flexibility index (Phi) is 3.57. The van der Waals surface area contributed by atoms with E-state index in [1.54, 1.807) is 22.7 Å². The Bertz CT molecular complexity index is 844. The van der Waals surface area contributed by atoms with E-state index in [0.717, 1.165) is 0 Å². The largest absolute Gasteiger partial charge is 0.338 e. The van der Waals surface area contributed by atoms with Crippen molar-refractivity contribution in [3.05, 3.63) is 34.4 Å². The van der Waals surface area contributed by atoms with E-state index in [4.69, 9.17) is 27.7 Å². The lowest BCUT2D eigenvalue weighted by molar-refractivity contribution is 0.0505. The fraction of sp³-hybridized carbons (Fsp3) is 0.308. The van der Waals surface area contributed by atoms with E-state index >= 15 is 0 Å². The molecule has 0 aliphatic rings. The molecule has 0 aliphatic carbocycles. The fourth-order valence-electron chi connectivity index (χ4n) is 1.87. The van der Waals surface area contributed by atoms with Gasteiger partial charge in [0.05, 0.1) is 0 Å². The van der Waals surface area contributed by atoms with Crippen LogP contribution in [-0.2, 0) is 5.41 Å². The van der Waals surface area contributed by atoms with Crippen LogP contribution in [0.1, 0.15) is 19.7 Å². The minimum Gasteiger partial charge on any atom is -0.338 e. The number of halogens is 4. The maximum Gasteiger partial charge on any atom is 0.252 e. The van der Waals surface area contributed by atoms with E-state index in [1.807, 2.05) is 0 Å². The van der Waals surface area contributed by atoms with Gasteiger partial charge in [-0.1, -0.05) is 28.4 Å². The van der Waals surface area contributed by atoms with Gasteiger partial charge in [0.15, 0.2) is 5.15 Å². The lowest BCUT2D eigenvalue weighted by atomic mass is 9.94. The Balaban J connectivity index is 2.13. The Morgan fingerprint density at radius 2 is 2.00 bits per heavy atom. The normalized spacial score (nSPS) is 12.5. The lowest BCUT2D eigenvalue weighted by Gasteiger charge is -2.17. The molecule has 3 rings (SSSR count). The summed E-state index contributed by atoms with van der Waals surface area (Å²) in [6, 6.07) is 3.25. The van der Waals surface area contributed by atoms with Gasteiger partial charge in [-0.3, -0.25) is 4.40 Å². The number of aromatic nitrogens is 4. The quantitative estimate of drug-likeness (QED) is 0.711. The summed E-state index contributed by atoms with van der Waals surface area (Å²) < 4.78 is 32.7. The average Bonchev–Trinajstić information content (AvgIpc) is 3.01. The average molecular weight is 347 g/mol. The molecule has 3 aromatic heterocycles. The van der Waals surface area contributed by atoms with Gasteiger partial charge >= 0.3 is 0 Å². The molecule has 0 radical (unpaired) electrons. The van der Waals surface area contributed by atoms with Crippen molar-refractivity contribution in [2.45, 2.75) is 25.7 Å². The highest BCUT2D eigenvalue weighted by Gasteiger charge is 2.38. The van der Waals surface area contributed by atoms with Crippen molar-refractivity contribution in [1.82, 2.24) is 19.5 Å². The summed E-state index contributed by atoms with van der Waals surface area (Å²) in [6.45, 7) is 2.65. The van der Waals surface area contributed by atoms with Gasteiger partial charge in [0.1, 0.15) is 16.8 Å². The second-order valence-corrected chi connectivity index (χ2v) is 6.06. The lowest BCUT2D eigenvalue weighted by Crippen LogP contribution is -2.27. The summed E-state index contributed by atoms with van der Waals surface area (Å²) in [6.07, 6.45) is -1.00. The van der Waals surface area contributed by atoms with E-state index in [1.165, 1.54) is 13.8 Å². The molecule has 5 nitrogen and oxygen atoms in total. The molecule has 0 saturated carbocycles. The fourth-order valence-corrected chi connectivity index (χ4v) is 2.28. The van der Waals surface area contributed by atoms with Crippen LogP contribution in [0, 0.1) is 0 Å². The highest BCUT2D eigenvalue weighted by molar-refractivity contribution is 6.32. The maximum atomic E-state index is 13.0. The van der Waals surface area contributed by atoms with Crippen LogP contribution in [0.2, 0.25) is 10.2 Å². The van der Waals surface area contributed by atoms with Crippen LogP contribution >= 0.6 is 23.2 Å². The predicted molar refractivity (Wildman–Crippen MR) is 77.5 cm³/mol. The molecule has 0 fully saturated rings. The first-order valence-corrected chi connectivity index (χ1v) is 7.02. The van der Waals surface area contributed by atoms with Gasteiger partial charge in [-0.05, 0) is 19.9 Å². The van der Waals surface area contributed by atoms with E-state index < -0.39 is 11.8 Å². The number of rotatable bonds is 3. The smallest absolute Gasteiger partial charge is 0.252 e. The van der Waals surface area contributed by atoms with Crippen molar-refractivity contribution in [1.29, 1.82) is 0 Å². The molecule has 116 valence electrons. The zero-order valence-electron chi connectivity index (χ0n) is 11.5. The number of hydrogen-bond acceptors (Lipinski definition) is 4. The SMILES string of the molecule is CC(C)(c1nc(-c2c(Cl)nc3cc(Cl)ccn23)no1)C(F)F. The van der Waals surface area contributed by atoms with Gasteiger partial charge in [0, 0.05) is 17.3 Å². The Hall–Kier alpha value is -1.73. The second-order valence-electron chi connectivity index (χ2n) is 5.27. The molecular weight excluding hydrogens is 337 g/mol. The minimum absolute atomic E-state index is 0.0866. The molecule has 3 heterocycles. The molecule has 0 N–H and O–H groups in total. The summed E-state index contributed by atoms with van der Waals surface area (Å²) in [5, 5.41) is 4.37. The van der Waals surface area contributed by atoms with Crippen LogP contribution in [0.15, 0.2) is 22.9 Å². The topological polar surface area (TPSA) is 56.2 Å². The van der Waals surface area contributed by atoms with Gasteiger partial charge in [0.2, 0.25) is 11.7 Å². The van der Waals surface area contributed by atoms with Crippen LogP contribution in [0.25, 0.3) is 17.2 Å². The van der Waals surface area contributed by atoms with Crippen molar-refractivity contribution < 1.29 is 13.3 Å². The van der Waals surface area contributed by atoms with Gasteiger partial charge in [-0.15, -0.1) is 0 Å². The van der Waals surface area contributed by atoms with Crippen LogP contribution in [0.3, 0.4) is 0 Å². The summed E-state index contributed by atoms with van der Waals surface area (Å²) in [5.74, 6) is -0.0824. The highest BCUT2D eigenvalue weighted by atomic mass is 35.5. The number of hydrogen-bond donors (Lipinski definition) is 0. The summed E-state index contributed by atoms with van der Waals surface area (Å²) >= 11 is 12.0. The van der Waals surface area contributed by atoms with E-state index in [9.17, 15) is 8.78 Å². The summed E-state index contributed by atoms with van der Waals surface area (Å²) in [5.41, 5.74) is -0.706. The first-order chi connectivity index (χ1) is 10.3. The number of imidazole rings is 1. The monoisotopic (exact) mass is 346 g/mol. The Morgan fingerprint density at radius 1 is 1.27 bits per heavy atom. The van der Waals surface area contributed by atoms with Crippen molar-refractivity contribution in [3.8, 4) is 11.5 Å². The first kappa shape index (κ1) is 15.2. The number of pyridine rings is 1. The summed E-state index contributed by atoms with van der Waals surface area (Å²) in [7, 11) is 0. The highest BCUT2D eigenvalue weighted by Crippen LogP contribution is 2.32. The van der Waals surface area contributed by atoms with Crippen LogP contribution in [0.5, 0.6) is 0 Å². The molecule has 0 bridgehead atoms. The van der Waals surface area contributed by atoms with Gasteiger partial charge in [0.25, 0.3) is 6.43 Å². The van der Waals surface area contributed by atoms with Crippen molar-refractivity contribution >= 4 is 28.8 Å². The second kappa shape index (κ2) is 5.17. The van der Waals surface area contributed by atoms with Gasteiger partial charge in [-0.2, -0.15) is 4.98 Å². The molecule has 0 amide bonds. The number of fused-ring (bicyclic) bond motifs is 1. The zero-order chi connectivity index (χ0) is 16.1. The Morgan fingerprint density at radius 3 is 2.68 bits per heavy atom. The molecule has 0 atom stereocenters. The van der Waals surface area contributed by atoms with Crippen molar-refractivity contribution in [3.63, 3.8) is 0 Å². The molecule has 0 aliphatic heterocycles. The number of alkyl halides is 2. The standard InChI is InChI=1S/C13H10Cl2F2N4O/c1-13(2,11(16)17)12-19-10(20-22-12)8-9(15)18-7-5-6(14)3-4-21(7)8/h3-5,11H,1-2H3. The Labute approximate surface area is 133 Å². The van der Waals surface area contributed by atoms with E-state index in [0.29, 0.717) is 16.4 Å². The predicted octanol–water partition coefficient (Wildman–Crippen LogP) is 4.23. The molecule has 0 saturated heterocycles. The molecule has 3 aromatic rings. The third-order valence-electron chi connectivity index (χ3n) is 3.28. The third kappa shape index (κ3) is 2.34. The molecule has 0 spiro atoms. The minimum atomic E-state index is -2.64. The van der Waals surface area contributed by atoms with Crippen molar-refractivity contribution in [2.75, 3.05) is 0 Å². The number of nitrogens with zero attached hydrogens (tertiary/aromatic N) is 4. The first-order valence-electron chi connectivity index (χ1n) is 6.26. The molecule has 22 heavy (non-hydrogen) atoms. The van der Waals surface area contributed by atoms with Gasteiger partial charge in [-0.25, -0.2) is 13.8 Å². The zero-order valence-corrected chi connectivity index (χ0v) is 13.0. The molecule has 9 heteroatoms. The molecular formula is C13H10Cl2F2N4O. The third-order valence-corrected chi connectivity index (χ3v) is 3.78. The van der Waals surface area contributed by atoms with E-state index in [2.05, 4.69) is 15.1 Å². The van der Waals surface area contributed by atoms with E-state index in [-0.39, 0.29) is 16.9 Å².